The van der Waals surface area contributed by atoms with Crippen LogP contribution in [0.3, 0.4) is 0 Å². The summed E-state index contributed by atoms with van der Waals surface area (Å²) >= 11 is 1.40. The molecule has 2 aliphatic rings. The molecule has 0 unspecified atom stereocenters. The predicted molar refractivity (Wildman–Crippen MR) is 144 cm³/mol. The highest BCUT2D eigenvalue weighted by Gasteiger charge is 2.30. The van der Waals surface area contributed by atoms with E-state index in [2.05, 4.69) is 26.6 Å². The minimum atomic E-state index is -0.00747. The van der Waals surface area contributed by atoms with Crippen molar-refractivity contribution in [1.29, 1.82) is 0 Å². The highest BCUT2D eigenvalue weighted by Crippen LogP contribution is 2.32. The summed E-state index contributed by atoms with van der Waals surface area (Å²) in [5.74, 6) is 0.910. The Morgan fingerprint density at radius 2 is 1.89 bits per heavy atom. The van der Waals surface area contributed by atoms with Crippen LogP contribution in [0.5, 0.6) is 0 Å². The zero-order chi connectivity index (χ0) is 25.2. The largest absolute Gasteiger partial charge is 0.376 e. The molecule has 3 aromatic rings. The van der Waals surface area contributed by atoms with Gasteiger partial charge in [-0.25, -0.2) is 4.98 Å². The van der Waals surface area contributed by atoms with E-state index in [0.717, 1.165) is 77.1 Å². The maximum absolute atomic E-state index is 13.3. The maximum Gasteiger partial charge on any atom is 0.254 e. The van der Waals surface area contributed by atoms with Gasteiger partial charge in [0.1, 0.15) is 10.8 Å². The number of hydrogen-bond acceptors (Lipinski definition) is 7. The molecule has 3 heterocycles. The highest BCUT2D eigenvalue weighted by atomic mass is 32.1. The van der Waals surface area contributed by atoms with Crippen LogP contribution < -0.4 is 10.2 Å². The lowest BCUT2D eigenvalue weighted by Gasteiger charge is -2.32. The Morgan fingerprint density at radius 3 is 2.64 bits per heavy atom. The van der Waals surface area contributed by atoms with Gasteiger partial charge < -0.3 is 20.0 Å². The Labute approximate surface area is 216 Å². The number of likely N-dealkylation sites (N-methyl/N-ethyl adjacent to an activating group) is 1. The average Bonchev–Trinajstić information content (AvgIpc) is 3.55. The van der Waals surface area contributed by atoms with Gasteiger partial charge in [-0.15, -0.1) is 0 Å². The molecule has 2 aliphatic heterocycles. The SMILES string of the molecule is CCc1nsc(-c2ccc(C)c(NCC(=O)N3CCc4c(C(=O)N5CCN(C)CC5)cccc43)c2)n1. The number of carbonyl (C=O) groups is 2. The number of aromatic nitrogens is 2. The van der Waals surface area contributed by atoms with Crippen molar-refractivity contribution in [1.82, 2.24) is 19.2 Å². The molecule has 0 radical (unpaired) electrons. The lowest BCUT2D eigenvalue weighted by molar-refractivity contribution is -0.116. The number of carbonyl (C=O) groups excluding carboxylic acids is 2. The number of fused-ring (bicyclic) bond motifs is 1. The number of benzene rings is 2. The minimum Gasteiger partial charge on any atom is -0.376 e. The third kappa shape index (κ3) is 4.85. The summed E-state index contributed by atoms with van der Waals surface area (Å²) in [6.07, 6.45) is 1.50. The number of piperazine rings is 1. The fraction of sp³-hybridized carbons (Fsp3) is 0.407. The van der Waals surface area contributed by atoms with Crippen molar-refractivity contribution >= 4 is 34.7 Å². The summed E-state index contributed by atoms with van der Waals surface area (Å²) in [4.78, 5) is 37.1. The highest BCUT2D eigenvalue weighted by molar-refractivity contribution is 7.09. The van der Waals surface area contributed by atoms with E-state index in [1.807, 2.05) is 55.1 Å². The maximum atomic E-state index is 13.3. The van der Waals surface area contributed by atoms with Crippen LogP contribution in [0.4, 0.5) is 11.4 Å². The van der Waals surface area contributed by atoms with Gasteiger partial charge >= 0.3 is 0 Å². The van der Waals surface area contributed by atoms with E-state index in [4.69, 9.17) is 0 Å². The Hall–Kier alpha value is -3.30. The molecule has 1 aromatic heterocycles. The second-order valence-corrected chi connectivity index (χ2v) is 10.2. The summed E-state index contributed by atoms with van der Waals surface area (Å²) in [7, 11) is 2.08. The van der Waals surface area contributed by atoms with Crippen LogP contribution in [0.25, 0.3) is 10.6 Å². The van der Waals surface area contributed by atoms with E-state index in [9.17, 15) is 9.59 Å². The van der Waals surface area contributed by atoms with E-state index in [-0.39, 0.29) is 18.4 Å². The molecule has 2 amide bonds. The summed E-state index contributed by atoms with van der Waals surface area (Å²) in [6, 6.07) is 11.9. The second-order valence-electron chi connectivity index (χ2n) is 9.45. The summed E-state index contributed by atoms with van der Waals surface area (Å²) in [5.41, 5.74) is 5.53. The second kappa shape index (κ2) is 10.4. The Bertz CT molecular complexity index is 1280. The van der Waals surface area contributed by atoms with Gasteiger partial charge in [0.15, 0.2) is 0 Å². The van der Waals surface area contributed by atoms with Gasteiger partial charge in [0, 0.05) is 61.6 Å². The van der Waals surface area contributed by atoms with Crippen molar-refractivity contribution in [3.63, 3.8) is 0 Å². The fourth-order valence-corrected chi connectivity index (χ4v) is 5.54. The van der Waals surface area contributed by atoms with Crippen LogP contribution in [0.15, 0.2) is 36.4 Å². The van der Waals surface area contributed by atoms with Crippen molar-refractivity contribution in [2.45, 2.75) is 26.7 Å². The van der Waals surface area contributed by atoms with E-state index in [1.54, 1.807) is 4.90 Å². The number of nitrogens with zero attached hydrogens (tertiary/aromatic N) is 5. The molecule has 36 heavy (non-hydrogen) atoms. The van der Waals surface area contributed by atoms with Crippen LogP contribution in [-0.4, -0.2) is 77.3 Å². The van der Waals surface area contributed by atoms with Gasteiger partial charge in [0.05, 0.1) is 6.54 Å². The van der Waals surface area contributed by atoms with E-state index in [1.165, 1.54) is 11.5 Å². The van der Waals surface area contributed by atoms with Gasteiger partial charge in [-0.05, 0) is 61.3 Å². The molecule has 5 rings (SSSR count). The average molecular weight is 505 g/mol. The molecule has 0 bridgehead atoms. The lowest BCUT2D eigenvalue weighted by atomic mass is 10.0. The van der Waals surface area contributed by atoms with Crippen LogP contribution in [0.2, 0.25) is 0 Å². The molecule has 1 saturated heterocycles. The van der Waals surface area contributed by atoms with Gasteiger partial charge in [-0.2, -0.15) is 4.37 Å². The monoisotopic (exact) mass is 504 g/mol. The summed E-state index contributed by atoms with van der Waals surface area (Å²) in [5, 5.41) is 4.21. The van der Waals surface area contributed by atoms with Crippen molar-refractivity contribution < 1.29 is 9.59 Å². The van der Waals surface area contributed by atoms with Crippen LogP contribution >= 0.6 is 11.5 Å². The van der Waals surface area contributed by atoms with Gasteiger partial charge in [-0.3, -0.25) is 9.59 Å². The first-order valence-electron chi connectivity index (χ1n) is 12.5. The molecule has 1 N–H and O–H groups in total. The molecule has 1 fully saturated rings. The van der Waals surface area contributed by atoms with E-state index < -0.39 is 0 Å². The molecule has 188 valence electrons. The molecule has 0 saturated carbocycles. The molecular formula is C27H32N6O2S. The van der Waals surface area contributed by atoms with Gasteiger partial charge in [0.2, 0.25) is 5.91 Å². The molecular weight excluding hydrogens is 472 g/mol. The number of anilines is 2. The number of nitrogens with one attached hydrogen (secondary N) is 1. The van der Waals surface area contributed by atoms with Gasteiger partial charge in [-0.1, -0.05) is 25.1 Å². The van der Waals surface area contributed by atoms with E-state index >= 15 is 0 Å². The fourth-order valence-electron chi connectivity index (χ4n) is 4.80. The van der Waals surface area contributed by atoms with Crippen LogP contribution in [0, 0.1) is 6.92 Å². The Kier molecular flexibility index (Phi) is 7.02. The van der Waals surface area contributed by atoms with Crippen molar-refractivity contribution in [3.05, 3.63) is 58.9 Å². The topological polar surface area (TPSA) is 81.7 Å². The van der Waals surface area contributed by atoms with Crippen molar-refractivity contribution in [2.75, 3.05) is 56.5 Å². The Morgan fingerprint density at radius 1 is 1.08 bits per heavy atom. The molecule has 8 nitrogen and oxygen atoms in total. The van der Waals surface area contributed by atoms with Gasteiger partial charge in [0.25, 0.3) is 5.91 Å². The van der Waals surface area contributed by atoms with Crippen LogP contribution in [-0.2, 0) is 17.6 Å². The molecule has 9 heteroatoms. The molecule has 2 aromatic carbocycles. The standard InChI is InChI=1S/C27H32N6O2S/c1-4-24-29-26(36-30-24)19-9-8-18(2)22(16-19)28-17-25(34)33-11-10-20-21(6-5-7-23(20)33)27(35)32-14-12-31(3)13-15-32/h5-9,16,28H,4,10-15,17H2,1-3H3. The number of hydrogen-bond donors (Lipinski definition) is 1. The molecule has 0 aliphatic carbocycles. The predicted octanol–water partition coefficient (Wildman–Crippen LogP) is 3.46. The lowest BCUT2D eigenvalue weighted by Crippen LogP contribution is -2.47. The summed E-state index contributed by atoms with van der Waals surface area (Å²) in [6.45, 7) is 8.08. The number of amides is 2. The third-order valence-electron chi connectivity index (χ3n) is 7.05. The van der Waals surface area contributed by atoms with Crippen molar-refractivity contribution in [2.24, 2.45) is 0 Å². The van der Waals surface area contributed by atoms with Crippen LogP contribution in [0.1, 0.15) is 34.2 Å². The first kappa shape index (κ1) is 24.4. The molecule has 0 atom stereocenters. The first-order chi connectivity index (χ1) is 17.4. The zero-order valence-electron chi connectivity index (χ0n) is 21.1. The number of aryl methyl sites for hydroxylation is 2. The third-order valence-corrected chi connectivity index (χ3v) is 7.85. The Balaban J connectivity index is 1.28. The number of rotatable bonds is 6. The first-order valence-corrected chi connectivity index (χ1v) is 13.3. The van der Waals surface area contributed by atoms with E-state index in [0.29, 0.717) is 13.0 Å². The minimum absolute atomic E-state index is 0.00747. The molecule has 0 spiro atoms. The summed E-state index contributed by atoms with van der Waals surface area (Å²) < 4.78 is 4.38. The zero-order valence-corrected chi connectivity index (χ0v) is 21.9. The quantitative estimate of drug-likeness (QED) is 0.554. The normalized spacial score (nSPS) is 15.8. The smallest absolute Gasteiger partial charge is 0.254 e. The van der Waals surface area contributed by atoms with Crippen molar-refractivity contribution in [3.8, 4) is 10.6 Å².